The van der Waals surface area contributed by atoms with E-state index in [1.54, 1.807) is 42.2 Å². The molecule has 2 aromatic rings. The number of halogens is 2. The van der Waals surface area contributed by atoms with Gasteiger partial charge in [-0.25, -0.2) is 4.79 Å². The molecule has 1 aliphatic rings. The van der Waals surface area contributed by atoms with Crippen LogP contribution in [0.2, 0.25) is 10.0 Å². The lowest BCUT2D eigenvalue weighted by atomic mass is 10.1. The van der Waals surface area contributed by atoms with E-state index in [4.69, 9.17) is 32.7 Å². The Balaban J connectivity index is 1.86. The van der Waals surface area contributed by atoms with Gasteiger partial charge >= 0.3 is 6.09 Å². The number of anilines is 1. The van der Waals surface area contributed by atoms with Gasteiger partial charge < -0.3 is 14.8 Å². The molecule has 0 saturated carbocycles. The first-order chi connectivity index (χ1) is 14.0. The number of hydrogen-bond donors (Lipinski definition) is 1. The van der Waals surface area contributed by atoms with Crippen LogP contribution in [-0.4, -0.2) is 28.6 Å². The Bertz CT molecular complexity index is 972. The second kappa shape index (κ2) is 8.74. The van der Waals surface area contributed by atoms with Crippen LogP contribution >= 0.6 is 23.2 Å². The Morgan fingerprint density at radius 2 is 1.90 bits per heavy atom. The SMILES string of the molecule is CC1Oc2ccc(CN(Cc3ccc(Cl)cc3Cl)C(=O)OC(C)(C)C)cc2NC1=O. The topological polar surface area (TPSA) is 67.9 Å². The van der Waals surface area contributed by atoms with E-state index in [0.717, 1.165) is 11.1 Å². The van der Waals surface area contributed by atoms with Crippen LogP contribution < -0.4 is 10.1 Å². The monoisotopic (exact) mass is 450 g/mol. The Morgan fingerprint density at radius 3 is 2.57 bits per heavy atom. The smallest absolute Gasteiger partial charge is 0.410 e. The summed E-state index contributed by atoms with van der Waals surface area (Å²) >= 11 is 12.3. The van der Waals surface area contributed by atoms with Crippen molar-refractivity contribution in [2.75, 3.05) is 5.32 Å². The normalized spacial score (nSPS) is 15.7. The van der Waals surface area contributed by atoms with E-state index in [0.29, 0.717) is 21.5 Å². The van der Waals surface area contributed by atoms with Crippen molar-refractivity contribution in [2.24, 2.45) is 0 Å². The fraction of sp³-hybridized carbons (Fsp3) is 0.364. The molecule has 1 aliphatic heterocycles. The van der Waals surface area contributed by atoms with Crippen LogP contribution in [-0.2, 0) is 22.6 Å². The number of amides is 2. The molecule has 0 aromatic heterocycles. The Hall–Kier alpha value is -2.44. The predicted octanol–water partition coefficient (Wildman–Crippen LogP) is 5.65. The first-order valence-corrected chi connectivity index (χ1v) is 10.3. The molecule has 8 heteroatoms. The molecule has 160 valence electrons. The molecule has 0 aliphatic carbocycles. The number of rotatable bonds is 4. The van der Waals surface area contributed by atoms with Gasteiger partial charge in [-0.3, -0.25) is 9.69 Å². The van der Waals surface area contributed by atoms with Gasteiger partial charge in [-0.2, -0.15) is 0 Å². The van der Waals surface area contributed by atoms with Gasteiger partial charge in [-0.15, -0.1) is 0 Å². The highest BCUT2D eigenvalue weighted by Gasteiger charge is 2.26. The van der Waals surface area contributed by atoms with Gasteiger partial charge in [-0.05, 0) is 63.1 Å². The molecule has 0 bridgehead atoms. The van der Waals surface area contributed by atoms with Crippen LogP contribution in [0.3, 0.4) is 0 Å². The zero-order valence-corrected chi connectivity index (χ0v) is 18.8. The lowest BCUT2D eigenvalue weighted by molar-refractivity contribution is -0.122. The maximum atomic E-state index is 12.9. The van der Waals surface area contributed by atoms with Crippen molar-refractivity contribution in [3.8, 4) is 5.75 Å². The number of nitrogens with one attached hydrogen (secondary N) is 1. The minimum Gasteiger partial charge on any atom is -0.479 e. The van der Waals surface area contributed by atoms with Crippen molar-refractivity contribution < 1.29 is 19.1 Å². The van der Waals surface area contributed by atoms with Crippen LogP contribution in [0.25, 0.3) is 0 Å². The third kappa shape index (κ3) is 5.58. The van der Waals surface area contributed by atoms with E-state index in [2.05, 4.69) is 5.32 Å². The zero-order valence-electron chi connectivity index (χ0n) is 17.3. The lowest BCUT2D eigenvalue weighted by Crippen LogP contribution is -2.36. The maximum absolute atomic E-state index is 12.9. The number of benzene rings is 2. The summed E-state index contributed by atoms with van der Waals surface area (Å²) < 4.78 is 11.2. The van der Waals surface area contributed by atoms with Crippen molar-refractivity contribution in [1.29, 1.82) is 0 Å². The van der Waals surface area contributed by atoms with Gasteiger partial charge in [0, 0.05) is 16.6 Å². The van der Waals surface area contributed by atoms with Crippen molar-refractivity contribution in [3.05, 3.63) is 57.6 Å². The highest BCUT2D eigenvalue weighted by Crippen LogP contribution is 2.31. The van der Waals surface area contributed by atoms with Crippen molar-refractivity contribution in [1.82, 2.24) is 4.90 Å². The highest BCUT2D eigenvalue weighted by molar-refractivity contribution is 6.35. The molecule has 30 heavy (non-hydrogen) atoms. The number of fused-ring (bicyclic) bond motifs is 1. The standard InChI is InChI=1S/C22H24Cl2N2O4/c1-13-20(27)25-18-9-14(5-8-19(18)29-13)11-26(21(28)30-22(2,3)4)12-15-6-7-16(23)10-17(15)24/h5-10,13H,11-12H2,1-4H3,(H,25,27). The summed E-state index contributed by atoms with van der Waals surface area (Å²) in [7, 11) is 0. The van der Waals surface area contributed by atoms with Crippen LogP contribution in [0.1, 0.15) is 38.8 Å². The van der Waals surface area contributed by atoms with Crippen molar-refractivity contribution in [2.45, 2.75) is 52.5 Å². The summed E-state index contributed by atoms with van der Waals surface area (Å²) in [6, 6.07) is 10.6. The number of ether oxygens (including phenoxy) is 2. The molecular weight excluding hydrogens is 427 g/mol. The van der Waals surface area contributed by atoms with Crippen LogP contribution in [0, 0.1) is 0 Å². The molecule has 1 N–H and O–H groups in total. The summed E-state index contributed by atoms with van der Waals surface area (Å²) in [4.78, 5) is 26.3. The Kier molecular flexibility index (Phi) is 6.48. The third-order valence-corrected chi connectivity index (χ3v) is 4.96. The van der Waals surface area contributed by atoms with Crippen LogP contribution in [0.15, 0.2) is 36.4 Å². The van der Waals surface area contributed by atoms with E-state index in [9.17, 15) is 9.59 Å². The Morgan fingerprint density at radius 1 is 1.17 bits per heavy atom. The first-order valence-electron chi connectivity index (χ1n) is 9.54. The largest absolute Gasteiger partial charge is 0.479 e. The molecule has 1 atom stereocenters. The van der Waals surface area contributed by atoms with Crippen LogP contribution in [0.5, 0.6) is 5.75 Å². The van der Waals surface area contributed by atoms with Crippen LogP contribution in [0.4, 0.5) is 10.5 Å². The molecule has 0 spiro atoms. The second-order valence-electron chi connectivity index (χ2n) is 8.15. The van der Waals surface area contributed by atoms with E-state index in [1.165, 1.54) is 0 Å². The fourth-order valence-corrected chi connectivity index (χ4v) is 3.41. The maximum Gasteiger partial charge on any atom is 0.410 e. The number of carbonyl (C=O) groups is 2. The van der Waals surface area contributed by atoms with E-state index >= 15 is 0 Å². The average molecular weight is 451 g/mol. The predicted molar refractivity (Wildman–Crippen MR) is 117 cm³/mol. The van der Waals surface area contributed by atoms with Gasteiger partial charge in [0.15, 0.2) is 6.10 Å². The average Bonchev–Trinajstić information content (AvgIpc) is 2.63. The van der Waals surface area contributed by atoms with Gasteiger partial charge in [-0.1, -0.05) is 35.3 Å². The molecule has 2 aromatic carbocycles. The molecule has 0 saturated heterocycles. The second-order valence-corrected chi connectivity index (χ2v) is 9.00. The third-order valence-electron chi connectivity index (χ3n) is 4.38. The summed E-state index contributed by atoms with van der Waals surface area (Å²) in [5.74, 6) is 0.381. The summed E-state index contributed by atoms with van der Waals surface area (Å²) in [6.45, 7) is 7.61. The first kappa shape index (κ1) is 22.2. The van der Waals surface area contributed by atoms with E-state index < -0.39 is 17.8 Å². The minimum absolute atomic E-state index is 0.211. The van der Waals surface area contributed by atoms with Gasteiger partial charge in [0.05, 0.1) is 12.2 Å². The van der Waals surface area contributed by atoms with Crippen molar-refractivity contribution in [3.63, 3.8) is 0 Å². The van der Waals surface area contributed by atoms with E-state index in [1.807, 2.05) is 26.8 Å². The molecule has 3 rings (SSSR count). The quantitative estimate of drug-likeness (QED) is 0.653. The summed E-state index contributed by atoms with van der Waals surface area (Å²) in [6.07, 6.45) is -1.02. The number of hydrogen-bond acceptors (Lipinski definition) is 4. The molecule has 2 amide bonds. The van der Waals surface area contributed by atoms with Gasteiger partial charge in [0.2, 0.25) is 0 Å². The molecule has 6 nitrogen and oxygen atoms in total. The number of carbonyl (C=O) groups excluding carboxylic acids is 2. The fourth-order valence-electron chi connectivity index (χ4n) is 2.94. The van der Waals surface area contributed by atoms with Gasteiger partial charge in [0.1, 0.15) is 11.4 Å². The highest BCUT2D eigenvalue weighted by atomic mass is 35.5. The minimum atomic E-state index is -0.646. The molecular formula is C22H24Cl2N2O4. The molecule has 0 radical (unpaired) electrons. The summed E-state index contributed by atoms with van der Waals surface area (Å²) in [5, 5.41) is 3.81. The summed E-state index contributed by atoms with van der Waals surface area (Å²) in [5.41, 5.74) is 1.48. The van der Waals surface area contributed by atoms with E-state index in [-0.39, 0.29) is 19.0 Å². The molecule has 0 fully saturated rings. The molecule has 1 unspecified atom stereocenters. The number of nitrogens with zero attached hydrogens (tertiary/aromatic N) is 1. The lowest BCUT2D eigenvalue weighted by Gasteiger charge is -2.28. The van der Waals surface area contributed by atoms with Gasteiger partial charge in [0.25, 0.3) is 5.91 Å². The van der Waals surface area contributed by atoms with Crippen molar-refractivity contribution >= 4 is 40.9 Å². The zero-order chi connectivity index (χ0) is 22.1. The Labute approximate surface area is 186 Å². The molecule has 1 heterocycles.